The summed E-state index contributed by atoms with van der Waals surface area (Å²) in [4.78, 5) is 0.385. The molecule has 0 spiro atoms. The smallest absolute Gasteiger partial charge is 0.0506 e. The second kappa shape index (κ2) is 5.22. The lowest BCUT2D eigenvalue weighted by atomic mass is 9.88. The maximum absolute atomic E-state index is 4.02. The molecule has 1 atom stereocenters. The normalized spacial score (nSPS) is 17.8. The van der Waals surface area contributed by atoms with Crippen molar-refractivity contribution in [1.82, 2.24) is 0 Å². The van der Waals surface area contributed by atoms with E-state index in [0.717, 1.165) is 0 Å². The van der Waals surface area contributed by atoms with E-state index in [-0.39, 0.29) is 5.41 Å². The minimum absolute atomic E-state index is 0.275. The molecule has 106 valence electrons. The Morgan fingerprint density at radius 1 is 1.00 bits per heavy atom. The molecule has 1 unspecified atom stereocenters. The van der Waals surface area contributed by atoms with E-state index in [1.165, 1.54) is 38.5 Å². The molecule has 1 aliphatic rings. The number of rotatable bonds is 3. The van der Waals surface area contributed by atoms with Gasteiger partial charge in [0.2, 0.25) is 0 Å². The third-order valence-corrected chi connectivity index (χ3v) is 7.82. The summed E-state index contributed by atoms with van der Waals surface area (Å²) in [6, 6.07) is 17.4. The molecule has 3 aromatic rings. The molecule has 1 aromatic heterocycles. The van der Waals surface area contributed by atoms with Gasteiger partial charge in [-0.3, -0.25) is 0 Å². The molecule has 0 N–H and O–H groups in total. The number of thiophene rings is 1. The lowest BCUT2D eigenvalue weighted by molar-refractivity contribution is 0.685. The van der Waals surface area contributed by atoms with Crippen molar-refractivity contribution < 1.29 is 0 Å². The van der Waals surface area contributed by atoms with Crippen LogP contribution in [0.5, 0.6) is 0 Å². The van der Waals surface area contributed by atoms with Crippen LogP contribution in [-0.2, 0) is 5.41 Å². The summed E-state index contributed by atoms with van der Waals surface area (Å²) < 4.78 is 2.54. The molecule has 1 saturated carbocycles. The van der Waals surface area contributed by atoms with Crippen molar-refractivity contribution in [3.8, 4) is 0 Å². The fourth-order valence-corrected chi connectivity index (χ4v) is 6.05. The van der Waals surface area contributed by atoms with Gasteiger partial charge in [-0.15, -0.1) is 11.3 Å². The number of fused-ring (bicyclic) bond motifs is 1. The summed E-state index contributed by atoms with van der Waals surface area (Å²) in [7, 11) is 0. The Morgan fingerprint density at radius 3 is 2.48 bits per heavy atom. The molecular formula is C18H14Br2S. The average Bonchev–Trinajstić information content (AvgIpc) is 3.22. The van der Waals surface area contributed by atoms with E-state index in [4.69, 9.17) is 0 Å². The van der Waals surface area contributed by atoms with Gasteiger partial charge in [0.25, 0.3) is 0 Å². The molecule has 0 aliphatic heterocycles. The van der Waals surface area contributed by atoms with Crippen molar-refractivity contribution in [2.75, 3.05) is 0 Å². The van der Waals surface area contributed by atoms with Crippen LogP contribution in [0.2, 0.25) is 0 Å². The number of hydrogen-bond acceptors (Lipinski definition) is 1. The van der Waals surface area contributed by atoms with Crippen molar-refractivity contribution in [3.63, 3.8) is 0 Å². The van der Waals surface area contributed by atoms with Gasteiger partial charge in [0.05, 0.1) is 4.83 Å². The van der Waals surface area contributed by atoms with Gasteiger partial charge >= 0.3 is 0 Å². The zero-order chi connectivity index (χ0) is 14.4. The zero-order valence-corrected chi connectivity index (χ0v) is 15.3. The van der Waals surface area contributed by atoms with E-state index in [1.807, 2.05) is 11.3 Å². The van der Waals surface area contributed by atoms with Crippen molar-refractivity contribution >= 4 is 53.3 Å². The van der Waals surface area contributed by atoms with Crippen LogP contribution in [0.4, 0.5) is 0 Å². The number of alkyl halides is 1. The van der Waals surface area contributed by atoms with Gasteiger partial charge in [-0.2, -0.15) is 0 Å². The van der Waals surface area contributed by atoms with E-state index < -0.39 is 0 Å². The van der Waals surface area contributed by atoms with Gasteiger partial charge < -0.3 is 0 Å². The molecule has 1 fully saturated rings. The van der Waals surface area contributed by atoms with Crippen LogP contribution in [0, 0.1) is 0 Å². The summed E-state index contributed by atoms with van der Waals surface area (Å²) >= 11 is 9.52. The SMILES string of the molecule is Brc1cccc2c(C(Br)C3(c4ccccc4)CC3)csc12. The van der Waals surface area contributed by atoms with Gasteiger partial charge in [0.1, 0.15) is 0 Å². The van der Waals surface area contributed by atoms with E-state index in [2.05, 4.69) is 85.8 Å². The third-order valence-electron chi connectivity index (χ3n) is 4.48. The quantitative estimate of drug-likeness (QED) is 0.406. The minimum Gasteiger partial charge on any atom is -0.142 e. The Bertz CT molecular complexity index is 787. The number of hydrogen-bond donors (Lipinski definition) is 0. The molecule has 0 saturated heterocycles. The van der Waals surface area contributed by atoms with E-state index >= 15 is 0 Å². The highest BCUT2D eigenvalue weighted by Crippen LogP contribution is 2.61. The third kappa shape index (κ3) is 2.21. The average molecular weight is 422 g/mol. The fraction of sp³-hybridized carbons (Fsp3) is 0.222. The highest BCUT2D eigenvalue weighted by Gasteiger charge is 2.50. The lowest BCUT2D eigenvalue weighted by Crippen LogP contribution is -2.13. The molecule has 0 nitrogen and oxygen atoms in total. The van der Waals surface area contributed by atoms with Crippen LogP contribution in [-0.4, -0.2) is 0 Å². The predicted molar refractivity (Wildman–Crippen MR) is 98.5 cm³/mol. The van der Waals surface area contributed by atoms with Crippen molar-refractivity contribution in [2.45, 2.75) is 23.1 Å². The summed E-state index contributed by atoms with van der Waals surface area (Å²) in [5.74, 6) is 0. The Kier molecular flexibility index (Phi) is 3.48. The van der Waals surface area contributed by atoms with Crippen LogP contribution in [0.3, 0.4) is 0 Å². The molecule has 21 heavy (non-hydrogen) atoms. The highest BCUT2D eigenvalue weighted by atomic mass is 79.9. The minimum atomic E-state index is 0.275. The Balaban J connectivity index is 1.81. The summed E-state index contributed by atoms with van der Waals surface area (Å²) in [5, 5.41) is 3.69. The Morgan fingerprint density at radius 2 is 1.76 bits per heavy atom. The Hall–Kier alpha value is -0.640. The van der Waals surface area contributed by atoms with E-state index in [0.29, 0.717) is 4.83 Å². The largest absolute Gasteiger partial charge is 0.142 e. The van der Waals surface area contributed by atoms with Gasteiger partial charge in [0, 0.05) is 14.6 Å². The zero-order valence-electron chi connectivity index (χ0n) is 11.4. The first-order chi connectivity index (χ1) is 10.2. The molecule has 2 aromatic carbocycles. The maximum Gasteiger partial charge on any atom is 0.0506 e. The second-order valence-electron chi connectivity index (χ2n) is 5.69. The van der Waals surface area contributed by atoms with Crippen LogP contribution >= 0.6 is 43.2 Å². The predicted octanol–water partition coefficient (Wildman–Crippen LogP) is 6.83. The Labute approximate surface area is 145 Å². The standard InChI is InChI=1S/C18H14Br2S/c19-15-8-4-7-13-14(11-21-16(13)15)17(20)18(9-10-18)12-5-2-1-3-6-12/h1-8,11,17H,9-10H2. The monoisotopic (exact) mass is 420 g/mol. The van der Waals surface area contributed by atoms with Crippen molar-refractivity contribution in [2.24, 2.45) is 0 Å². The summed E-state index contributed by atoms with van der Waals surface area (Å²) in [5.41, 5.74) is 3.16. The van der Waals surface area contributed by atoms with Crippen LogP contribution in [0.15, 0.2) is 58.4 Å². The maximum atomic E-state index is 4.02. The van der Waals surface area contributed by atoms with Gasteiger partial charge in [-0.05, 0) is 56.7 Å². The van der Waals surface area contributed by atoms with E-state index in [1.54, 1.807) is 0 Å². The molecule has 0 radical (unpaired) electrons. The first-order valence-corrected chi connectivity index (χ1v) is 9.66. The first kappa shape index (κ1) is 14.0. The van der Waals surface area contributed by atoms with Crippen molar-refractivity contribution in [3.05, 3.63) is 69.5 Å². The van der Waals surface area contributed by atoms with Crippen LogP contribution in [0.1, 0.15) is 28.8 Å². The van der Waals surface area contributed by atoms with Gasteiger partial charge in [-0.25, -0.2) is 0 Å². The number of benzene rings is 2. The van der Waals surface area contributed by atoms with Crippen molar-refractivity contribution in [1.29, 1.82) is 0 Å². The van der Waals surface area contributed by atoms with Gasteiger partial charge in [-0.1, -0.05) is 58.4 Å². The molecule has 1 aliphatic carbocycles. The molecule has 1 heterocycles. The highest BCUT2D eigenvalue weighted by molar-refractivity contribution is 9.10. The fourth-order valence-electron chi connectivity index (χ4n) is 3.13. The lowest BCUT2D eigenvalue weighted by Gasteiger charge is -2.22. The van der Waals surface area contributed by atoms with E-state index in [9.17, 15) is 0 Å². The molecule has 3 heteroatoms. The molecule has 0 bridgehead atoms. The van der Waals surface area contributed by atoms with Crippen LogP contribution in [0.25, 0.3) is 10.1 Å². The first-order valence-electron chi connectivity index (χ1n) is 7.07. The van der Waals surface area contributed by atoms with Crippen LogP contribution < -0.4 is 0 Å². The number of halogens is 2. The topological polar surface area (TPSA) is 0 Å². The molecule has 0 amide bonds. The second-order valence-corrected chi connectivity index (χ2v) is 8.34. The molecular weight excluding hydrogens is 408 g/mol. The van der Waals surface area contributed by atoms with Gasteiger partial charge in [0.15, 0.2) is 0 Å². The molecule has 4 rings (SSSR count). The summed E-state index contributed by atoms with van der Waals surface area (Å²) in [6.45, 7) is 0. The summed E-state index contributed by atoms with van der Waals surface area (Å²) in [6.07, 6.45) is 2.52.